The maximum Gasteiger partial charge on any atom is 0.223 e. The second-order valence-corrected chi connectivity index (χ2v) is 10.6. The highest BCUT2D eigenvalue weighted by atomic mass is 32.2. The van der Waals surface area contributed by atoms with Crippen molar-refractivity contribution >= 4 is 15.9 Å². The molecule has 0 aromatic heterocycles. The molecule has 0 aliphatic heterocycles. The van der Waals surface area contributed by atoms with Crippen LogP contribution in [0.25, 0.3) is 0 Å². The summed E-state index contributed by atoms with van der Waals surface area (Å²) in [6.07, 6.45) is 2.79. The van der Waals surface area contributed by atoms with Gasteiger partial charge in [-0.25, -0.2) is 13.1 Å². The fourth-order valence-corrected chi connectivity index (χ4v) is 4.05. The monoisotopic (exact) mass is 396 g/mol. The molecule has 1 amide bonds. The van der Waals surface area contributed by atoms with Crippen LogP contribution >= 0.6 is 0 Å². The fourth-order valence-electron chi connectivity index (χ4n) is 3.02. The van der Waals surface area contributed by atoms with Gasteiger partial charge in [0.1, 0.15) is 0 Å². The molecule has 0 saturated heterocycles. The molecule has 0 atom stereocenters. The Morgan fingerprint density at radius 1 is 1.11 bits per heavy atom. The first-order valence-corrected chi connectivity index (χ1v) is 11.1. The van der Waals surface area contributed by atoms with Crippen LogP contribution in [0.2, 0.25) is 0 Å². The summed E-state index contributed by atoms with van der Waals surface area (Å²) < 4.78 is 32.0. The quantitative estimate of drug-likeness (QED) is 0.662. The third-order valence-electron chi connectivity index (χ3n) is 4.88. The average Bonchev–Trinajstić information content (AvgIpc) is 2.61. The lowest BCUT2D eigenvalue weighted by Gasteiger charge is -2.30. The number of ether oxygens (including phenoxy) is 1. The van der Waals surface area contributed by atoms with Crippen LogP contribution in [-0.4, -0.2) is 38.3 Å². The summed E-state index contributed by atoms with van der Waals surface area (Å²) in [6.45, 7) is 6.57. The zero-order chi connectivity index (χ0) is 19.9. The van der Waals surface area contributed by atoms with E-state index in [1.54, 1.807) is 20.8 Å². The van der Waals surface area contributed by atoms with Crippen LogP contribution < -0.4 is 10.0 Å². The molecule has 0 heterocycles. The topological polar surface area (TPSA) is 84.5 Å². The summed E-state index contributed by atoms with van der Waals surface area (Å²) in [5.74, 6) is -0.00930. The maximum absolute atomic E-state index is 12.3. The van der Waals surface area contributed by atoms with Crippen molar-refractivity contribution in [3.05, 3.63) is 35.9 Å². The molecular formula is C20H32N2O4S. The highest BCUT2D eigenvalue weighted by molar-refractivity contribution is 7.90. The van der Waals surface area contributed by atoms with Gasteiger partial charge >= 0.3 is 0 Å². The minimum atomic E-state index is -3.35. The zero-order valence-electron chi connectivity index (χ0n) is 16.5. The Kier molecular flexibility index (Phi) is 7.82. The van der Waals surface area contributed by atoms with E-state index < -0.39 is 14.8 Å². The molecule has 1 aromatic carbocycles. The van der Waals surface area contributed by atoms with Gasteiger partial charge in [-0.3, -0.25) is 4.79 Å². The van der Waals surface area contributed by atoms with E-state index in [4.69, 9.17) is 4.74 Å². The van der Waals surface area contributed by atoms with E-state index in [9.17, 15) is 13.2 Å². The van der Waals surface area contributed by atoms with Crippen molar-refractivity contribution in [2.45, 2.75) is 63.9 Å². The Bertz CT molecular complexity index is 690. The number of carbonyl (C=O) groups is 1. The number of sulfonamides is 1. The summed E-state index contributed by atoms with van der Waals surface area (Å²) >= 11 is 0. The standard InChI is InChI=1S/C20H32N2O4S/c1-20(2,3)27(24,25)22-18-11-9-17(10-12-18)19(23)21-13-14-26-15-16-7-5-4-6-8-16/h4-8,17-18,22H,9-15H2,1-3H3,(H,21,23)/t17-,18-. The van der Waals surface area contributed by atoms with Crippen molar-refractivity contribution < 1.29 is 17.9 Å². The number of nitrogens with one attached hydrogen (secondary N) is 2. The first kappa shape index (κ1) is 21.9. The highest BCUT2D eigenvalue weighted by Crippen LogP contribution is 2.26. The van der Waals surface area contributed by atoms with Crippen molar-refractivity contribution in [1.82, 2.24) is 10.0 Å². The van der Waals surface area contributed by atoms with Gasteiger partial charge in [-0.2, -0.15) is 0 Å². The van der Waals surface area contributed by atoms with Crippen LogP contribution in [0.1, 0.15) is 52.0 Å². The van der Waals surface area contributed by atoms with Crippen LogP contribution in [0.15, 0.2) is 30.3 Å². The molecule has 27 heavy (non-hydrogen) atoms. The largest absolute Gasteiger partial charge is 0.375 e. The Labute approximate surface area is 163 Å². The minimum Gasteiger partial charge on any atom is -0.375 e. The second-order valence-electron chi connectivity index (χ2n) is 8.11. The van der Waals surface area contributed by atoms with Crippen LogP contribution in [0.4, 0.5) is 0 Å². The summed E-state index contributed by atoms with van der Waals surface area (Å²) in [5.41, 5.74) is 1.11. The smallest absolute Gasteiger partial charge is 0.223 e. The lowest BCUT2D eigenvalue weighted by Crippen LogP contribution is -2.46. The molecule has 6 nitrogen and oxygen atoms in total. The maximum atomic E-state index is 12.3. The molecule has 0 radical (unpaired) electrons. The number of hydrogen-bond acceptors (Lipinski definition) is 4. The van der Waals surface area contributed by atoms with E-state index >= 15 is 0 Å². The van der Waals surface area contributed by atoms with E-state index in [0.717, 1.165) is 5.56 Å². The Morgan fingerprint density at radius 2 is 1.74 bits per heavy atom. The molecule has 0 spiro atoms. The number of hydrogen-bond donors (Lipinski definition) is 2. The molecule has 152 valence electrons. The molecule has 1 aromatic rings. The molecular weight excluding hydrogens is 364 g/mol. The highest BCUT2D eigenvalue weighted by Gasteiger charge is 2.33. The van der Waals surface area contributed by atoms with Gasteiger partial charge in [-0.05, 0) is 52.0 Å². The number of carbonyl (C=O) groups excluding carboxylic acids is 1. The lowest BCUT2D eigenvalue weighted by molar-refractivity contribution is -0.126. The summed E-state index contributed by atoms with van der Waals surface area (Å²) in [4.78, 5) is 12.3. The normalized spacial score (nSPS) is 21.0. The average molecular weight is 397 g/mol. The molecule has 1 fully saturated rings. The number of rotatable bonds is 8. The first-order chi connectivity index (χ1) is 12.7. The molecule has 0 bridgehead atoms. The Balaban J connectivity index is 1.63. The summed E-state index contributed by atoms with van der Waals surface area (Å²) in [7, 11) is -3.35. The van der Waals surface area contributed by atoms with Gasteiger partial charge in [0, 0.05) is 18.5 Å². The van der Waals surface area contributed by atoms with E-state index in [1.807, 2.05) is 30.3 Å². The SMILES string of the molecule is CC(C)(C)S(=O)(=O)N[C@H]1CC[C@H](C(=O)NCCOCc2ccccc2)CC1. The predicted molar refractivity (Wildman–Crippen MR) is 107 cm³/mol. The molecule has 1 saturated carbocycles. The van der Waals surface area contributed by atoms with Crippen molar-refractivity contribution in [3.63, 3.8) is 0 Å². The summed E-state index contributed by atoms with van der Waals surface area (Å²) in [5, 5.41) is 2.92. The lowest BCUT2D eigenvalue weighted by atomic mass is 9.86. The minimum absolute atomic E-state index is 0.0374. The van der Waals surface area contributed by atoms with Crippen LogP contribution in [0, 0.1) is 5.92 Å². The van der Waals surface area contributed by atoms with E-state index in [2.05, 4.69) is 10.0 Å². The Morgan fingerprint density at radius 3 is 2.33 bits per heavy atom. The van der Waals surface area contributed by atoms with E-state index in [0.29, 0.717) is 45.4 Å². The van der Waals surface area contributed by atoms with Gasteiger partial charge in [0.15, 0.2) is 0 Å². The van der Waals surface area contributed by atoms with E-state index in [1.165, 1.54) is 0 Å². The predicted octanol–water partition coefficient (Wildman–Crippen LogP) is 2.60. The molecule has 7 heteroatoms. The number of benzene rings is 1. The molecule has 2 rings (SSSR count). The van der Waals surface area contributed by atoms with Crippen molar-refractivity contribution in [2.24, 2.45) is 5.92 Å². The van der Waals surface area contributed by atoms with Crippen molar-refractivity contribution in [3.8, 4) is 0 Å². The van der Waals surface area contributed by atoms with Crippen LogP contribution in [0.5, 0.6) is 0 Å². The van der Waals surface area contributed by atoms with Gasteiger partial charge in [0.25, 0.3) is 0 Å². The molecule has 2 N–H and O–H groups in total. The van der Waals surface area contributed by atoms with Crippen molar-refractivity contribution in [2.75, 3.05) is 13.2 Å². The summed E-state index contributed by atoms with van der Waals surface area (Å²) in [6, 6.07) is 9.84. The van der Waals surface area contributed by atoms with E-state index in [-0.39, 0.29) is 17.9 Å². The zero-order valence-corrected chi connectivity index (χ0v) is 17.3. The van der Waals surface area contributed by atoms with Gasteiger partial charge in [0.05, 0.1) is 18.0 Å². The third-order valence-corrected chi connectivity index (χ3v) is 7.14. The van der Waals surface area contributed by atoms with Gasteiger partial charge in [0.2, 0.25) is 15.9 Å². The number of amides is 1. The van der Waals surface area contributed by atoms with Crippen LogP contribution in [0.3, 0.4) is 0 Å². The third kappa shape index (κ3) is 6.90. The molecule has 0 unspecified atom stereocenters. The van der Waals surface area contributed by atoms with Gasteiger partial charge in [-0.15, -0.1) is 0 Å². The fraction of sp³-hybridized carbons (Fsp3) is 0.650. The van der Waals surface area contributed by atoms with Crippen LogP contribution in [-0.2, 0) is 26.2 Å². The van der Waals surface area contributed by atoms with Crippen molar-refractivity contribution in [1.29, 1.82) is 0 Å². The van der Waals surface area contributed by atoms with Gasteiger partial charge in [-0.1, -0.05) is 30.3 Å². The molecule has 1 aliphatic rings. The first-order valence-electron chi connectivity index (χ1n) is 9.60. The Hall–Kier alpha value is -1.44. The second kappa shape index (κ2) is 9.66. The van der Waals surface area contributed by atoms with Gasteiger partial charge < -0.3 is 10.1 Å². The molecule has 1 aliphatic carbocycles.